The first-order chi connectivity index (χ1) is 26.0. The molecule has 10 aromatic rings. The molecular formula is C48H32N4O. The Hall–Kier alpha value is -6.85. The second kappa shape index (κ2) is 11.1. The molecule has 1 aliphatic carbocycles. The van der Waals surface area contributed by atoms with E-state index in [-0.39, 0.29) is 5.41 Å². The van der Waals surface area contributed by atoms with Gasteiger partial charge in [-0.05, 0) is 76.9 Å². The monoisotopic (exact) mass is 680 g/mol. The third kappa shape index (κ3) is 4.40. The highest BCUT2D eigenvalue weighted by atomic mass is 16.3. The number of hydrogen-bond donors (Lipinski definition) is 0. The summed E-state index contributed by atoms with van der Waals surface area (Å²) in [7, 11) is 0. The van der Waals surface area contributed by atoms with Crippen LogP contribution in [-0.2, 0) is 5.41 Å². The minimum Gasteiger partial charge on any atom is -0.456 e. The molecule has 0 saturated carbocycles. The molecule has 1 aliphatic rings. The Morgan fingerprint density at radius 2 is 1.06 bits per heavy atom. The van der Waals surface area contributed by atoms with Gasteiger partial charge in [0.2, 0.25) is 0 Å². The van der Waals surface area contributed by atoms with Crippen molar-refractivity contribution in [1.82, 2.24) is 19.5 Å². The van der Waals surface area contributed by atoms with Crippen LogP contribution in [0.4, 0.5) is 0 Å². The van der Waals surface area contributed by atoms with E-state index < -0.39 is 0 Å². The van der Waals surface area contributed by atoms with Gasteiger partial charge in [-0.2, -0.15) is 0 Å². The van der Waals surface area contributed by atoms with Crippen LogP contribution in [0.15, 0.2) is 162 Å². The zero-order chi connectivity index (χ0) is 35.3. The molecule has 5 nitrogen and oxygen atoms in total. The molecule has 3 heterocycles. The van der Waals surface area contributed by atoms with Gasteiger partial charge in [0.1, 0.15) is 11.2 Å². The van der Waals surface area contributed by atoms with E-state index in [1.807, 2.05) is 66.7 Å². The van der Waals surface area contributed by atoms with Gasteiger partial charge in [0.05, 0.1) is 11.0 Å². The van der Waals surface area contributed by atoms with Crippen LogP contribution in [0.25, 0.3) is 94.7 Å². The van der Waals surface area contributed by atoms with Crippen LogP contribution < -0.4 is 0 Å². The van der Waals surface area contributed by atoms with Gasteiger partial charge in [0.25, 0.3) is 0 Å². The zero-order valence-electron chi connectivity index (χ0n) is 29.2. The van der Waals surface area contributed by atoms with Crippen LogP contribution in [0.2, 0.25) is 0 Å². The number of para-hydroxylation sites is 2. The predicted molar refractivity (Wildman–Crippen MR) is 215 cm³/mol. The first-order valence-electron chi connectivity index (χ1n) is 18.0. The maximum Gasteiger partial charge on any atom is 0.164 e. The molecule has 7 aromatic carbocycles. The summed E-state index contributed by atoms with van der Waals surface area (Å²) in [5.41, 5.74) is 13.1. The highest BCUT2D eigenvalue weighted by molar-refractivity contribution is 6.17. The van der Waals surface area contributed by atoms with Crippen LogP contribution in [0.5, 0.6) is 0 Å². The Morgan fingerprint density at radius 1 is 0.472 bits per heavy atom. The molecule has 0 unspecified atom stereocenters. The highest BCUT2D eigenvalue weighted by Crippen LogP contribution is 2.54. The van der Waals surface area contributed by atoms with E-state index in [0.29, 0.717) is 17.5 Å². The van der Waals surface area contributed by atoms with Crippen LogP contribution in [-0.4, -0.2) is 19.5 Å². The minimum atomic E-state index is -0.169. The summed E-state index contributed by atoms with van der Waals surface area (Å²) in [6, 6.07) is 55.2. The van der Waals surface area contributed by atoms with Gasteiger partial charge in [-0.15, -0.1) is 0 Å². The lowest BCUT2D eigenvalue weighted by Gasteiger charge is -2.21. The molecule has 3 aromatic heterocycles. The smallest absolute Gasteiger partial charge is 0.164 e. The lowest BCUT2D eigenvalue weighted by atomic mass is 9.82. The highest BCUT2D eigenvalue weighted by Gasteiger charge is 2.38. The van der Waals surface area contributed by atoms with Crippen molar-refractivity contribution >= 4 is 43.7 Å². The molecule has 0 amide bonds. The standard InChI is InChI=1S/C48H32N4O/c1-48(2)37-25-26-42-44(34-18-10-12-20-41(34)53-42)43(37)36-28-40-35(27-38(36)48)33-17-9-11-19-39(33)52(40)32-23-21-31(22-24-32)47-50-45(29-13-5-3-6-14-29)49-46(51-47)30-15-7-4-8-16-30/h3-28H,1-2H3. The van der Waals surface area contributed by atoms with Gasteiger partial charge in [-0.25, -0.2) is 15.0 Å². The van der Waals surface area contributed by atoms with E-state index in [9.17, 15) is 0 Å². The fourth-order valence-electron chi connectivity index (χ4n) is 8.48. The molecule has 53 heavy (non-hydrogen) atoms. The topological polar surface area (TPSA) is 56.7 Å². The maximum atomic E-state index is 6.38. The number of fused-ring (bicyclic) bond motifs is 10. The molecular weight excluding hydrogens is 649 g/mol. The summed E-state index contributed by atoms with van der Waals surface area (Å²) in [6.45, 7) is 4.70. The van der Waals surface area contributed by atoms with E-state index in [4.69, 9.17) is 19.4 Å². The van der Waals surface area contributed by atoms with Crippen LogP contribution >= 0.6 is 0 Å². The van der Waals surface area contributed by atoms with E-state index in [1.165, 1.54) is 49.4 Å². The van der Waals surface area contributed by atoms with Gasteiger partial charge in [-0.3, -0.25) is 0 Å². The zero-order valence-corrected chi connectivity index (χ0v) is 29.2. The summed E-state index contributed by atoms with van der Waals surface area (Å²) in [6.07, 6.45) is 0. The van der Waals surface area contributed by atoms with Gasteiger partial charge in [0.15, 0.2) is 17.5 Å². The number of nitrogens with zero attached hydrogens (tertiary/aromatic N) is 4. The van der Waals surface area contributed by atoms with Gasteiger partial charge in [0, 0.05) is 49.3 Å². The molecule has 0 atom stereocenters. The second-order valence-corrected chi connectivity index (χ2v) is 14.4. The van der Waals surface area contributed by atoms with Gasteiger partial charge < -0.3 is 8.98 Å². The number of rotatable bonds is 4. The van der Waals surface area contributed by atoms with Crippen molar-refractivity contribution in [2.45, 2.75) is 19.3 Å². The number of benzene rings is 7. The van der Waals surface area contributed by atoms with Crippen molar-refractivity contribution in [3.63, 3.8) is 0 Å². The lowest BCUT2D eigenvalue weighted by molar-refractivity contribution is 0.657. The Labute approximate surface area is 305 Å². The predicted octanol–water partition coefficient (Wildman–Crippen LogP) is 12.2. The molecule has 0 N–H and O–H groups in total. The molecule has 0 radical (unpaired) electrons. The quantitative estimate of drug-likeness (QED) is 0.186. The fraction of sp³-hybridized carbons (Fsp3) is 0.0625. The largest absolute Gasteiger partial charge is 0.456 e. The summed E-state index contributed by atoms with van der Waals surface area (Å²) < 4.78 is 8.78. The van der Waals surface area contributed by atoms with E-state index in [0.717, 1.165) is 38.9 Å². The van der Waals surface area contributed by atoms with E-state index >= 15 is 0 Å². The molecule has 0 bridgehead atoms. The van der Waals surface area contributed by atoms with Crippen molar-refractivity contribution < 1.29 is 4.42 Å². The number of furan rings is 1. The third-order valence-corrected chi connectivity index (χ3v) is 11.1. The van der Waals surface area contributed by atoms with Crippen molar-refractivity contribution in [1.29, 1.82) is 0 Å². The van der Waals surface area contributed by atoms with Crippen LogP contribution in [0.1, 0.15) is 25.0 Å². The first-order valence-corrected chi connectivity index (χ1v) is 18.0. The molecule has 0 fully saturated rings. The first kappa shape index (κ1) is 29.8. The molecule has 250 valence electrons. The maximum absolute atomic E-state index is 6.38. The summed E-state index contributed by atoms with van der Waals surface area (Å²) >= 11 is 0. The lowest BCUT2D eigenvalue weighted by Crippen LogP contribution is -2.14. The second-order valence-electron chi connectivity index (χ2n) is 14.4. The average Bonchev–Trinajstić information content (AvgIpc) is 3.83. The van der Waals surface area contributed by atoms with Crippen molar-refractivity contribution in [3.8, 4) is 51.0 Å². The van der Waals surface area contributed by atoms with Crippen LogP contribution in [0.3, 0.4) is 0 Å². The van der Waals surface area contributed by atoms with Crippen LogP contribution in [0, 0.1) is 0 Å². The molecule has 0 spiro atoms. The Balaban J connectivity index is 1.10. The van der Waals surface area contributed by atoms with Crippen molar-refractivity contribution in [2.24, 2.45) is 0 Å². The van der Waals surface area contributed by atoms with Crippen molar-refractivity contribution in [2.75, 3.05) is 0 Å². The number of aromatic nitrogens is 4. The van der Waals surface area contributed by atoms with E-state index in [1.54, 1.807) is 0 Å². The fourth-order valence-corrected chi connectivity index (χ4v) is 8.48. The minimum absolute atomic E-state index is 0.169. The number of hydrogen-bond acceptors (Lipinski definition) is 4. The average molecular weight is 681 g/mol. The van der Waals surface area contributed by atoms with Gasteiger partial charge >= 0.3 is 0 Å². The normalized spacial score (nSPS) is 13.2. The Morgan fingerprint density at radius 3 is 1.74 bits per heavy atom. The summed E-state index contributed by atoms with van der Waals surface area (Å²) in [4.78, 5) is 14.8. The third-order valence-electron chi connectivity index (χ3n) is 11.1. The molecule has 5 heteroatoms. The van der Waals surface area contributed by atoms with E-state index in [2.05, 4.69) is 109 Å². The Kier molecular flexibility index (Phi) is 6.23. The molecule has 0 saturated heterocycles. The molecule has 0 aliphatic heterocycles. The van der Waals surface area contributed by atoms with Crippen molar-refractivity contribution in [3.05, 3.63) is 169 Å². The molecule has 11 rings (SSSR count). The van der Waals surface area contributed by atoms with Gasteiger partial charge in [-0.1, -0.05) is 117 Å². The summed E-state index contributed by atoms with van der Waals surface area (Å²) in [5.74, 6) is 1.94. The SMILES string of the molecule is CC1(C)c2cc3c4ccccc4n(-c4ccc(-c5nc(-c6ccccc6)nc(-c6ccccc6)n5)cc4)c3cc2-c2c1ccc1oc3ccccc3c21. The Bertz CT molecular complexity index is 3010. The summed E-state index contributed by atoms with van der Waals surface area (Å²) in [5, 5.41) is 4.83.